The highest BCUT2D eigenvalue weighted by atomic mass is 35.5. The highest BCUT2D eigenvalue weighted by Crippen LogP contribution is 2.31. The van der Waals surface area contributed by atoms with E-state index in [0.29, 0.717) is 29.2 Å². The average molecular weight is 550 g/mol. The fraction of sp³-hybridized carbons (Fsp3) is 0.200. The van der Waals surface area contributed by atoms with E-state index in [1.54, 1.807) is 36.4 Å². The van der Waals surface area contributed by atoms with Gasteiger partial charge in [0.25, 0.3) is 15.9 Å². The van der Waals surface area contributed by atoms with Crippen molar-refractivity contribution in [3.63, 3.8) is 0 Å². The van der Waals surface area contributed by atoms with Crippen LogP contribution in [0.25, 0.3) is 0 Å². The number of ether oxygens (including phenoxy) is 2. The number of rotatable bonds is 10. The van der Waals surface area contributed by atoms with Gasteiger partial charge in [0.15, 0.2) is 11.5 Å². The van der Waals surface area contributed by atoms with E-state index in [4.69, 9.17) is 32.7 Å². The van der Waals surface area contributed by atoms with Crippen LogP contribution in [0.3, 0.4) is 0 Å². The van der Waals surface area contributed by atoms with Gasteiger partial charge >= 0.3 is 0 Å². The third-order valence-electron chi connectivity index (χ3n) is 5.18. The summed E-state index contributed by atoms with van der Waals surface area (Å²) in [5, 5.41) is 4.64. The molecule has 3 aromatic carbocycles. The lowest BCUT2D eigenvalue weighted by Crippen LogP contribution is -2.39. The first-order valence-electron chi connectivity index (χ1n) is 10.8. The molecular formula is C25H25Cl2N3O5S. The fourth-order valence-corrected chi connectivity index (χ4v) is 5.06. The number of hydrazone groups is 1. The van der Waals surface area contributed by atoms with Crippen molar-refractivity contribution >= 4 is 50.5 Å². The van der Waals surface area contributed by atoms with E-state index in [-0.39, 0.29) is 20.6 Å². The van der Waals surface area contributed by atoms with Gasteiger partial charge in [-0.2, -0.15) is 5.10 Å². The Labute approximate surface area is 220 Å². The number of sulfonamides is 1. The molecule has 1 amide bonds. The number of methoxy groups -OCH3 is 2. The molecule has 0 aliphatic rings. The molecule has 0 saturated heterocycles. The molecule has 36 heavy (non-hydrogen) atoms. The molecule has 0 aliphatic heterocycles. The Balaban J connectivity index is 1.90. The monoisotopic (exact) mass is 549 g/mol. The van der Waals surface area contributed by atoms with Crippen molar-refractivity contribution in [3.8, 4) is 11.5 Å². The fourth-order valence-electron chi connectivity index (χ4n) is 3.33. The molecule has 8 nitrogen and oxygen atoms in total. The van der Waals surface area contributed by atoms with Gasteiger partial charge in [-0.1, -0.05) is 48.3 Å². The van der Waals surface area contributed by atoms with Crippen molar-refractivity contribution in [3.05, 3.63) is 82.3 Å². The molecule has 0 saturated carbocycles. The van der Waals surface area contributed by atoms with Gasteiger partial charge in [0.2, 0.25) is 0 Å². The van der Waals surface area contributed by atoms with Gasteiger partial charge < -0.3 is 9.47 Å². The highest BCUT2D eigenvalue weighted by Gasteiger charge is 2.27. The zero-order valence-corrected chi connectivity index (χ0v) is 22.2. The summed E-state index contributed by atoms with van der Waals surface area (Å²) < 4.78 is 38.4. The van der Waals surface area contributed by atoms with Crippen LogP contribution in [-0.2, 0) is 14.8 Å². The second-order valence-corrected chi connectivity index (χ2v) is 10.1. The number of anilines is 1. The van der Waals surface area contributed by atoms with Crippen molar-refractivity contribution < 1.29 is 22.7 Å². The normalized spacial score (nSPS) is 11.6. The third kappa shape index (κ3) is 6.29. The van der Waals surface area contributed by atoms with Crippen LogP contribution < -0.4 is 19.2 Å². The van der Waals surface area contributed by atoms with Crippen molar-refractivity contribution in [1.82, 2.24) is 5.43 Å². The standard InChI is InChI=1S/C25H25Cl2N3O5S/c1-4-22(17-10-13-23(34-2)24(14-17)35-3)28-29-25(31)16-30(18-11-12-20(26)21(27)15-18)36(32,33)19-8-6-5-7-9-19/h5-15H,4,16H2,1-3H3,(H,29,31)/b28-22-. The van der Waals surface area contributed by atoms with E-state index < -0.39 is 22.5 Å². The van der Waals surface area contributed by atoms with Crippen molar-refractivity contribution in [1.29, 1.82) is 0 Å². The van der Waals surface area contributed by atoms with E-state index in [9.17, 15) is 13.2 Å². The van der Waals surface area contributed by atoms with Gasteiger partial charge in [-0.25, -0.2) is 13.8 Å². The Morgan fingerprint density at radius 3 is 2.25 bits per heavy atom. The predicted octanol–water partition coefficient (Wildman–Crippen LogP) is 5.14. The van der Waals surface area contributed by atoms with E-state index in [1.165, 1.54) is 44.6 Å². The number of carbonyl (C=O) groups is 1. The van der Waals surface area contributed by atoms with E-state index >= 15 is 0 Å². The molecule has 1 N–H and O–H groups in total. The lowest BCUT2D eigenvalue weighted by atomic mass is 10.1. The van der Waals surface area contributed by atoms with Crippen molar-refractivity contribution in [2.75, 3.05) is 25.1 Å². The molecular weight excluding hydrogens is 525 g/mol. The summed E-state index contributed by atoms with van der Waals surface area (Å²) in [6.45, 7) is 1.34. The van der Waals surface area contributed by atoms with Crippen LogP contribution in [-0.4, -0.2) is 40.8 Å². The van der Waals surface area contributed by atoms with Crippen LogP contribution in [0.4, 0.5) is 5.69 Å². The molecule has 0 fully saturated rings. The van der Waals surface area contributed by atoms with E-state index in [2.05, 4.69) is 10.5 Å². The number of hydrogen-bond acceptors (Lipinski definition) is 6. The first kappa shape index (κ1) is 27.3. The maximum absolute atomic E-state index is 13.4. The molecule has 0 unspecified atom stereocenters. The molecule has 0 atom stereocenters. The van der Waals surface area contributed by atoms with Crippen LogP contribution in [0.5, 0.6) is 11.5 Å². The van der Waals surface area contributed by atoms with Gasteiger partial charge in [-0.3, -0.25) is 9.10 Å². The number of benzene rings is 3. The zero-order valence-electron chi connectivity index (χ0n) is 19.9. The van der Waals surface area contributed by atoms with Gasteiger partial charge in [-0.15, -0.1) is 0 Å². The van der Waals surface area contributed by atoms with Crippen LogP contribution in [0.15, 0.2) is 76.7 Å². The molecule has 11 heteroatoms. The Morgan fingerprint density at radius 2 is 1.64 bits per heavy atom. The first-order chi connectivity index (χ1) is 17.2. The first-order valence-corrected chi connectivity index (χ1v) is 13.0. The minimum absolute atomic E-state index is 0.0203. The molecule has 190 valence electrons. The summed E-state index contributed by atoms with van der Waals surface area (Å²) in [5.41, 5.74) is 3.93. The summed E-state index contributed by atoms with van der Waals surface area (Å²) in [6.07, 6.45) is 0.495. The van der Waals surface area contributed by atoms with Crippen LogP contribution in [0.2, 0.25) is 10.0 Å². The number of carbonyl (C=O) groups excluding carboxylic acids is 1. The quantitative estimate of drug-likeness (QED) is 0.279. The topological polar surface area (TPSA) is 97.3 Å². The summed E-state index contributed by atoms with van der Waals surface area (Å²) in [7, 11) is -1.04. The Kier molecular flexibility index (Phi) is 9.19. The molecule has 0 heterocycles. The average Bonchev–Trinajstić information content (AvgIpc) is 2.89. The molecule has 0 spiro atoms. The second-order valence-electron chi connectivity index (χ2n) is 7.44. The lowest BCUT2D eigenvalue weighted by Gasteiger charge is -2.24. The second kappa shape index (κ2) is 12.1. The SMILES string of the molecule is CC/C(=N/NC(=O)CN(c1ccc(Cl)c(Cl)c1)S(=O)(=O)c1ccccc1)c1ccc(OC)c(OC)c1. The molecule has 0 aliphatic carbocycles. The minimum atomic E-state index is -4.10. The minimum Gasteiger partial charge on any atom is -0.493 e. The number of halogens is 2. The molecule has 0 bridgehead atoms. The van der Waals surface area contributed by atoms with Crippen LogP contribution in [0, 0.1) is 0 Å². The third-order valence-corrected chi connectivity index (χ3v) is 7.70. The van der Waals surface area contributed by atoms with E-state index in [1.807, 2.05) is 6.92 Å². The summed E-state index contributed by atoms with van der Waals surface area (Å²) in [5.74, 6) is 0.429. The summed E-state index contributed by atoms with van der Waals surface area (Å²) in [6, 6.07) is 17.4. The maximum Gasteiger partial charge on any atom is 0.264 e. The predicted molar refractivity (Wildman–Crippen MR) is 142 cm³/mol. The largest absolute Gasteiger partial charge is 0.493 e. The molecule has 3 rings (SSSR count). The Bertz CT molecular complexity index is 1370. The van der Waals surface area contributed by atoms with Gasteiger partial charge in [0.05, 0.1) is 40.6 Å². The zero-order chi connectivity index (χ0) is 26.3. The highest BCUT2D eigenvalue weighted by molar-refractivity contribution is 7.92. The van der Waals surface area contributed by atoms with Gasteiger partial charge in [-0.05, 0) is 55.0 Å². The Hall–Kier alpha value is -3.27. The smallest absolute Gasteiger partial charge is 0.264 e. The van der Waals surface area contributed by atoms with Crippen molar-refractivity contribution in [2.45, 2.75) is 18.2 Å². The number of nitrogens with one attached hydrogen (secondary N) is 1. The number of nitrogens with zero attached hydrogens (tertiary/aromatic N) is 2. The van der Waals surface area contributed by atoms with Gasteiger partial charge in [0, 0.05) is 5.56 Å². The van der Waals surface area contributed by atoms with Crippen LogP contribution in [0.1, 0.15) is 18.9 Å². The summed E-state index contributed by atoms with van der Waals surface area (Å²) in [4.78, 5) is 12.9. The van der Waals surface area contributed by atoms with Gasteiger partial charge in [0.1, 0.15) is 6.54 Å². The molecule has 0 aromatic heterocycles. The Morgan fingerprint density at radius 1 is 0.944 bits per heavy atom. The van der Waals surface area contributed by atoms with E-state index in [0.717, 1.165) is 4.31 Å². The van der Waals surface area contributed by atoms with Crippen molar-refractivity contribution in [2.24, 2.45) is 5.10 Å². The maximum atomic E-state index is 13.4. The van der Waals surface area contributed by atoms with Crippen LogP contribution >= 0.6 is 23.2 Å². The number of hydrogen-bond donors (Lipinski definition) is 1. The molecule has 0 radical (unpaired) electrons. The number of amides is 1. The lowest BCUT2D eigenvalue weighted by molar-refractivity contribution is -0.119. The summed E-state index contributed by atoms with van der Waals surface area (Å²) >= 11 is 12.1. The molecule has 3 aromatic rings.